The quantitative estimate of drug-likeness (QED) is 0.847. The van der Waals surface area contributed by atoms with Gasteiger partial charge in [-0.2, -0.15) is 0 Å². The maximum absolute atomic E-state index is 12.1. The maximum Gasteiger partial charge on any atom is 0.263 e. The molecule has 0 atom stereocenters. The number of carbonyl (C=O) groups excluding carboxylic acids is 3. The zero-order valence-corrected chi connectivity index (χ0v) is 11.2. The van der Waals surface area contributed by atoms with Crippen molar-refractivity contribution in [2.45, 2.75) is 0 Å². The molecule has 1 aliphatic heterocycles. The minimum Gasteiger partial charge on any atom is -0.321 e. The molecule has 3 amide bonds. The van der Waals surface area contributed by atoms with Crippen LogP contribution >= 0.6 is 0 Å². The summed E-state index contributed by atoms with van der Waals surface area (Å²) < 4.78 is 0. The molecule has 1 aliphatic rings. The molecule has 0 saturated carbocycles. The van der Waals surface area contributed by atoms with E-state index in [0.29, 0.717) is 16.8 Å². The van der Waals surface area contributed by atoms with Crippen LogP contribution in [0.5, 0.6) is 0 Å². The van der Waals surface area contributed by atoms with E-state index < -0.39 is 5.91 Å². The molecule has 2 heterocycles. The van der Waals surface area contributed by atoms with Crippen LogP contribution in [-0.2, 0) is 0 Å². The second kappa shape index (κ2) is 4.82. The van der Waals surface area contributed by atoms with E-state index in [9.17, 15) is 14.4 Å². The number of benzene rings is 1. The van der Waals surface area contributed by atoms with Gasteiger partial charge in [-0.15, -0.1) is 0 Å². The Morgan fingerprint density at radius 3 is 2.67 bits per heavy atom. The normalized spacial score (nSPS) is 13.3. The van der Waals surface area contributed by atoms with E-state index in [0.717, 1.165) is 4.90 Å². The van der Waals surface area contributed by atoms with Crippen molar-refractivity contribution in [1.82, 2.24) is 9.88 Å². The minimum absolute atomic E-state index is 0.224. The fourth-order valence-corrected chi connectivity index (χ4v) is 2.20. The molecule has 3 rings (SSSR count). The average Bonchev–Trinajstić information content (AvgIpc) is 2.74. The summed E-state index contributed by atoms with van der Waals surface area (Å²) in [5, 5.41) is 2.65. The van der Waals surface area contributed by atoms with Crippen molar-refractivity contribution in [3.8, 4) is 0 Å². The monoisotopic (exact) mass is 281 g/mol. The van der Waals surface area contributed by atoms with Crippen molar-refractivity contribution in [3.05, 3.63) is 59.4 Å². The average molecular weight is 281 g/mol. The van der Waals surface area contributed by atoms with Crippen molar-refractivity contribution in [3.63, 3.8) is 0 Å². The summed E-state index contributed by atoms with van der Waals surface area (Å²) in [4.78, 5) is 41.0. The number of carbonyl (C=O) groups is 3. The maximum atomic E-state index is 12.1. The van der Waals surface area contributed by atoms with E-state index in [4.69, 9.17) is 0 Å². The summed E-state index contributed by atoms with van der Waals surface area (Å²) in [6.45, 7) is 0. The van der Waals surface area contributed by atoms with Gasteiger partial charge in [0.05, 0.1) is 22.4 Å². The van der Waals surface area contributed by atoms with E-state index in [1.807, 2.05) is 0 Å². The van der Waals surface area contributed by atoms with Crippen molar-refractivity contribution in [2.24, 2.45) is 0 Å². The van der Waals surface area contributed by atoms with Gasteiger partial charge < -0.3 is 5.32 Å². The van der Waals surface area contributed by atoms with Crippen LogP contribution in [0.25, 0.3) is 0 Å². The molecule has 21 heavy (non-hydrogen) atoms. The Balaban J connectivity index is 1.97. The van der Waals surface area contributed by atoms with Crippen LogP contribution in [0.4, 0.5) is 5.69 Å². The number of rotatable bonds is 2. The Kier molecular flexibility index (Phi) is 2.98. The molecule has 0 radical (unpaired) electrons. The molecular weight excluding hydrogens is 270 g/mol. The van der Waals surface area contributed by atoms with Gasteiger partial charge >= 0.3 is 0 Å². The van der Waals surface area contributed by atoms with Gasteiger partial charge in [0.25, 0.3) is 17.7 Å². The Labute approximate surface area is 120 Å². The van der Waals surface area contributed by atoms with Crippen molar-refractivity contribution < 1.29 is 14.4 Å². The molecule has 0 aliphatic carbocycles. The lowest BCUT2D eigenvalue weighted by Crippen LogP contribution is -2.24. The second-order valence-corrected chi connectivity index (χ2v) is 4.59. The lowest BCUT2D eigenvalue weighted by Gasteiger charge is -2.08. The molecule has 0 fully saturated rings. The first-order valence-electron chi connectivity index (χ1n) is 6.26. The van der Waals surface area contributed by atoms with Crippen LogP contribution in [0.1, 0.15) is 31.1 Å². The highest BCUT2D eigenvalue weighted by Gasteiger charge is 2.35. The third kappa shape index (κ3) is 2.06. The van der Waals surface area contributed by atoms with Crippen LogP contribution in [0.2, 0.25) is 0 Å². The Bertz CT molecular complexity index is 756. The number of anilines is 1. The van der Waals surface area contributed by atoms with Gasteiger partial charge in [0.1, 0.15) is 0 Å². The van der Waals surface area contributed by atoms with Crippen LogP contribution in [0.15, 0.2) is 42.7 Å². The van der Waals surface area contributed by atoms with E-state index >= 15 is 0 Å². The summed E-state index contributed by atoms with van der Waals surface area (Å²) in [5.74, 6) is -1.17. The van der Waals surface area contributed by atoms with E-state index in [-0.39, 0.29) is 17.4 Å². The van der Waals surface area contributed by atoms with Crippen LogP contribution in [-0.4, -0.2) is 34.7 Å². The molecule has 0 unspecified atom stereocenters. The topological polar surface area (TPSA) is 79.4 Å². The first-order chi connectivity index (χ1) is 10.1. The summed E-state index contributed by atoms with van der Waals surface area (Å²) in [6.07, 6.45) is 2.99. The number of fused-ring (bicyclic) bond motifs is 1. The van der Waals surface area contributed by atoms with Crippen molar-refractivity contribution in [1.29, 1.82) is 0 Å². The fourth-order valence-electron chi connectivity index (χ4n) is 2.20. The number of hydrogen-bond donors (Lipinski definition) is 1. The van der Waals surface area contributed by atoms with Crippen LogP contribution in [0.3, 0.4) is 0 Å². The summed E-state index contributed by atoms with van der Waals surface area (Å²) in [5.41, 5.74) is 1.22. The smallest absolute Gasteiger partial charge is 0.263 e. The van der Waals surface area contributed by atoms with E-state index in [1.54, 1.807) is 36.5 Å². The summed E-state index contributed by atoms with van der Waals surface area (Å²) >= 11 is 0. The lowest BCUT2D eigenvalue weighted by atomic mass is 10.1. The molecule has 1 N–H and O–H groups in total. The first-order valence-corrected chi connectivity index (χ1v) is 6.26. The molecule has 0 saturated heterocycles. The van der Waals surface area contributed by atoms with E-state index in [2.05, 4.69) is 10.3 Å². The summed E-state index contributed by atoms with van der Waals surface area (Å²) in [6, 6.07) is 8.05. The fraction of sp³-hybridized carbons (Fsp3) is 0.0667. The number of imide groups is 1. The summed E-state index contributed by atoms with van der Waals surface area (Å²) in [7, 11) is 1.41. The first kappa shape index (κ1) is 13.0. The highest BCUT2D eigenvalue weighted by atomic mass is 16.2. The minimum atomic E-state index is -0.419. The SMILES string of the molecule is CN1C(=O)c2cccc(NC(=O)c3cccnc3)c2C1=O. The molecule has 2 aromatic rings. The molecule has 6 nitrogen and oxygen atoms in total. The van der Waals surface area contributed by atoms with Gasteiger partial charge in [-0.05, 0) is 24.3 Å². The molecule has 0 spiro atoms. The van der Waals surface area contributed by atoms with Gasteiger partial charge in [-0.3, -0.25) is 24.3 Å². The number of aromatic nitrogens is 1. The van der Waals surface area contributed by atoms with Gasteiger partial charge in [-0.1, -0.05) is 6.07 Å². The third-order valence-corrected chi connectivity index (χ3v) is 3.29. The number of pyridine rings is 1. The lowest BCUT2D eigenvalue weighted by molar-refractivity contribution is 0.0693. The predicted octanol–water partition coefficient (Wildman–Crippen LogP) is 1.56. The van der Waals surface area contributed by atoms with Gasteiger partial charge in [-0.25, -0.2) is 0 Å². The zero-order chi connectivity index (χ0) is 15.0. The number of nitrogens with zero attached hydrogens (tertiary/aromatic N) is 2. The molecule has 0 bridgehead atoms. The van der Waals surface area contributed by atoms with Crippen LogP contribution < -0.4 is 5.32 Å². The molecule has 6 heteroatoms. The van der Waals surface area contributed by atoms with Crippen molar-refractivity contribution >= 4 is 23.4 Å². The van der Waals surface area contributed by atoms with Gasteiger partial charge in [0.2, 0.25) is 0 Å². The Morgan fingerprint density at radius 1 is 1.14 bits per heavy atom. The molecule has 1 aromatic heterocycles. The molecular formula is C15H11N3O3. The second-order valence-electron chi connectivity index (χ2n) is 4.59. The number of hydrogen-bond acceptors (Lipinski definition) is 4. The standard InChI is InChI=1S/C15H11N3O3/c1-18-14(20)10-5-2-6-11(12(10)15(18)21)17-13(19)9-4-3-7-16-8-9/h2-8H,1H3,(H,17,19). The van der Waals surface area contributed by atoms with Crippen LogP contribution in [0, 0.1) is 0 Å². The van der Waals surface area contributed by atoms with E-state index in [1.165, 1.54) is 13.2 Å². The molecule has 104 valence electrons. The Hall–Kier alpha value is -3.02. The number of amides is 3. The Morgan fingerprint density at radius 2 is 1.95 bits per heavy atom. The van der Waals surface area contributed by atoms with Gasteiger partial charge in [0.15, 0.2) is 0 Å². The third-order valence-electron chi connectivity index (χ3n) is 3.29. The molecule has 1 aromatic carbocycles. The highest BCUT2D eigenvalue weighted by molar-refractivity contribution is 6.24. The largest absolute Gasteiger partial charge is 0.321 e. The predicted molar refractivity (Wildman–Crippen MR) is 75.1 cm³/mol. The highest BCUT2D eigenvalue weighted by Crippen LogP contribution is 2.28. The van der Waals surface area contributed by atoms with Crippen molar-refractivity contribution in [2.75, 3.05) is 12.4 Å². The zero-order valence-electron chi connectivity index (χ0n) is 11.2. The number of nitrogens with one attached hydrogen (secondary N) is 1. The van der Waals surface area contributed by atoms with Gasteiger partial charge in [0, 0.05) is 19.4 Å².